The predicted octanol–water partition coefficient (Wildman–Crippen LogP) is 4.44. The van der Waals surface area contributed by atoms with Crippen LogP contribution in [0.5, 0.6) is 0 Å². The number of aliphatic hydroxyl groups excluding tert-OH is 1. The number of methoxy groups -OCH3 is 2. The molecule has 0 bridgehead atoms. The van der Waals surface area contributed by atoms with Crippen LogP contribution in [0.3, 0.4) is 0 Å². The van der Waals surface area contributed by atoms with E-state index in [4.69, 9.17) is 9.47 Å². The van der Waals surface area contributed by atoms with Crippen LogP contribution in [0.4, 0.5) is 0 Å². The van der Waals surface area contributed by atoms with Crippen molar-refractivity contribution in [1.29, 1.82) is 0 Å². The maximum atomic E-state index is 10.3. The highest BCUT2D eigenvalue weighted by atomic mass is 28.3. The Kier molecular flexibility index (Phi) is 10.0. The third-order valence-corrected chi connectivity index (χ3v) is 6.73. The van der Waals surface area contributed by atoms with Gasteiger partial charge in [-0.25, -0.2) is 0 Å². The van der Waals surface area contributed by atoms with Gasteiger partial charge in [-0.1, -0.05) is 56.9 Å². The average molecular weight is 382 g/mol. The van der Waals surface area contributed by atoms with E-state index in [0.29, 0.717) is 0 Å². The van der Waals surface area contributed by atoms with Crippen molar-refractivity contribution in [3.05, 3.63) is 35.9 Å². The zero-order valence-electron chi connectivity index (χ0n) is 17.5. The number of unbranched alkanes of at least 4 members (excludes halogenated alkanes) is 1. The Balaban J connectivity index is 2.77. The third-order valence-electron chi connectivity index (χ3n) is 4.87. The number of ether oxygens (including phenoxy) is 2. The second-order valence-corrected chi connectivity index (χ2v) is 14.2. The van der Waals surface area contributed by atoms with Crippen LogP contribution < -0.4 is 5.32 Å². The molecule has 0 saturated heterocycles. The topological polar surface area (TPSA) is 50.7 Å². The number of aliphatic hydroxyl groups is 1. The highest BCUT2D eigenvalue weighted by molar-refractivity contribution is 6.76. The van der Waals surface area contributed by atoms with Gasteiger partial charge in [-0.05, 0) is 37.4 Å². The highest BCUT2D eigenvalue weighted by Gasteiger charge is 2.38. The lowest BCUT2D eigenvalue weighted by atomic mass is 9.80. The van der Waals surface area contributed by atoms with E-state index >= 15 is 0 Å². The molecule has 0 aromatic heterocycles. The molecule has 0 heterocycles. The van der Waals surface area contributed by atoms with E-state index in [1.54, 1.807) is 14.2 Å². The summed E-state index contributed by atoms with van der Waals surface area (Å²) in [5, 5.41) is 14.0. The van der Waals surface area contributed by atoms with Crippen LogP contribution in [0.2, 0.25) is 25.7 Å². The van der Waals surface area contributed by atoms with Gasteiger partial charge in [0.1, 0.15) is 0 Å². The fourth-order valence-corrected chi connectivity index (χ4v) is 6.63. The fourth-order valence-electron chi connectivity index (χ4n) is 3.89. The smallest absolute Gasteiger partial charge is 0.156 e. The van der Waals surface area contributed by atoms with Crippen LogP contribution in [0, 0.1) is 5.41 Å². The first kappa shape index (κ1) is 23.3. The summed E-state index contributed by atoms with van der Waals surface area (Å²) < 4.78 is 10.5. The Morgan fingerprint density at radius 3 is 2.19 bits per heavy atom. The first-order chi connectivity index (χ1) is 12.3. The molecule has 0 unspecified atom stereocenters. The van der Waals surface area contributed by atoms with Crippen LogP contribution in [0.1, 0.15) is 37.8 Å². The quantitative estimate of drug-likeness (QED) is 0.301. The van der Waals surface area contributed by atoms with Gasteiger partial charge < -0.3 is 19.9 Å². The van der Waals surface area contributed by atoms with Crippen molar-refractivity contribution < 1.29 is 14.6 Å². The Hall–Kier alpha value is -0.723. The van der Waals surface area contributed by atoms with Gasteiger partial charge in [0.25, 0.3) is 0 Å². The lowest BCUT2D eigenvalue weighted by molar-refractivity contribution is -0.107. The Morgan fingerprint density at radius 2 is 1.69 bits per heavy atom. The van der Waals surface area contributed by atoms with Gasteiger partial charge in [0.15, 0.2) is 6.29 Å². The minimum Gasteiger partial charge on any atom is -0.396 e. The molecule has 0 spiro atoms. The molecule has 1 aromatic rings. The number of hydrogen-bond donors (Lipinski definition) is 2. The summed E-state index contributed by atoms with van der Waals surface area (Å²) in [5.74, 6) is 0. The van der Waals surface area contributed by atoms with E-state index in [1.165, 1.54) is 5.56 Å². The molecule has 1 aromatic carbocycles. The molecule has 1 rings (SSSR count). The first-order valence-electron chi connectivity index (χ1n) is 9.70. The van der Waals surface area contributed by atoms with Gasteiger partial charge in [0.05, 0.1) is 0 Å². The van der Waals surface area contributed by atoms with Crippen LogP contribution in [-0.2, 0) is 9.47 Å². The molecule has 0 aliphatic rings. The zero-order valence-corrected chi connectivity index (χ0v) is 18.5. The van der Waals surface area contributed by atoms with Crippen LogP contribution in [0.15, 0.2) is 30.3 Å². The van der Waals surface area contributed by atoms with Crippen LogP contribution in [0.25, 0.3) is 0 Å². The second kappa shape index (κ2) is 11.2. The molecule has 0 radical (unpaired) electrons. The molecule has 2 N–H and O–H groups in total. The van der Waals surface area contributed by atoms with Gasteiger partial charge in [-0.3, -0.25) is 0 Å². The largest absolute Gasteiger partial charge is 0.396 e. The molecule has 0 aliphatic carbocycles. The SMILES string of the molecule is COC(CCCCN[C@@H](c1ccccc1)[C@@](C)(CO)C[Si](C)(C)C)OC. The maximum Gasteiger partial charge on any atom is 0.156 e. The first-order valence-corrected chi connectivity index (χ1v) is 13.4. The van der Waals surface area contributed by atoms with Crippen molar-refractivity contribution in [1.82, 2.24) is 5.32 Å². The molecule has 5 heteroatoms. The van der Waals surface area contributed by atoms with Gasteiger partial charge >= 0.3 is 0 Å². The normalized spacial score (nSPS) is 15.8. The number of rotatable bonds is 13. The van der Waals surface area contributed by atoms with Crippen molar-refractivity contribution in [2.24, 2.45) is 5.41 Å². The summed E-state index contributed by atoms with van der Waals surface area (Å²) in [6.45, 7) is 10.5. The van der Waals surface area contributed by atoms with Gasteiger partial charge in [-0.15, -0.1) is 0 Å². The minimum absolute atomic E-state index is 0.116. The predicted molar refractivity (Wildman–Crippen MR) is 112 cm³/mol. The van der Waals surface area contributed by atoms with E-state index in [-0.39, 0.29) is 24.4 Å². The Bertz CT molecular complexity index is 488. The van der Waals surface area contributed by atoms with E-state index in [2.05, 4.69) is 56.1 Å². The second-order valence-electron chi connectivity index (χ2n) is 8.74. The van der Waals surface area contributed by atoms with Crippen LogP contribution in [-0.4, -0.2) is 46.8 Å². The minimum atomic E-state index is -1.32. The lowest BCUT2D eigenvalue weighted by Crippen LogP contribution is -2.43. The number of hydrogen-bond acceptors (Lipinski definition) is 4. The third kappa shape index (κ3) is 7.88. The van der Waals surface area contributed by atoms with Gasteiger partial charge in [0, 0.05) is 40.4 Å². The summed E-state index contributed by atoms with van der Waals surface area (Å²) in [6, 6.07) is 11.8. The molecular formula is C21H39NO3Si. The van der Waals surface area contributed by atoms with Crippen LogP contribution >= 0.6 is 0 Å². The number of benzene rings is 1. The van der Waals surface area contributed by atoms with Crippen molar-refractivity contribution in [3.8, 4) is 0 Å². The van der Waals surface area contributed by atoms with Crippen molar-refractivity contribution in [2.45, 2.75) is 64.2 Å². The zero-order chi connectivity index (χ0) is 19.6. The fraction of sp³-hybridized carbons (Fsp3) is 0.714. The summed E-state index contributed by atoms with van der Waals surface area (Å²) in [5.41, 5.74) is 1.10. The summed E-state index contributed by atoms with van der Waals surface area (Å²) in [4.78, 5) is 0. The highest BCUT2D eigenvalue weighted by Crippen LogP contribution is 2.40. The molecule has 4 nitrogen and oxygen atoms in total. The van der Waals surface area contributed by atoms with E-state index < -0.39 is 8.07 Å². The molecular weight excluding hydrogens is 342 g/mol. The summed E-state index contributed by atoms with van der Waals surface area (Å²) in [7, 11) is 2.04. The van der Waals surface area contributed by atoms with Crippen molar-refractivity contribution in [2.75, 3.05) is 27.4 Å². The van der Waals surface area contributed by atoms with Crippen molar-refractivity contribution in [3.63, 3.8) is 0 Å². The molecule has 0 amide bonds. The lowest BCUT2D eigenvalue weighted by Gasteiger charge is -2.41. The maximum absolute atomic E-state index is 10.3. The molecule has 2 atom stereocenters. The van der Waals surface area contributed by atoms with Gasteiger partial charge in [-0.2, -0.15) is 0 Å². The van der Waals surface area contributed by atoms with Gasteiger partial charge in [0.2, 0.25) is 0 Å². The van der Waals surface area contributed by atoms with E-state index in [0.717, 1.165) is 31.9 Å². The molecule has 0 aliphatic heterocycles. The summed E-state index contributed by atoms with van der Waals surface area (Å²) >= 11 is 0. The average Bonchev–Trinajstić information content (AvgIpc) is 2.60. The molecule has 0 saturated carbocycles. The molecule has 26 heavy (non-hydrogen) atoms. The molecule has 0 fully saturated rings. The molecule has 150 valence electrons. The van der Waals surface area contributed by atoms with E-state index in [9.17, 15) is 5.11 Å². The van der Waals surface area contributed by atoms with Crippen molar-refractivity contribution >= 4 is 8.07 Å². The number of nitrogens with one attached hydrogen (secondary N) is 1. The Labute approximate surface area is 161 Å². The Morgan fingerprint density at radius 1 is 1.08 bits per heavy atom. The summed E-state index contributed by atoms with van der Waals surface area (Å²) in [6.07, 6.45) is 2.89. The van der Waals surface area contributed by atoms with E-state index in [1.807, 2.05) is 6.07 Å². The standard InChI is InChI=1S/C21H39NO3Si/c1-21(16-23,17-26(4,5)6)20(18-12-8-7-9-13-18)22-15-11-10-14-19(24-2)25-3/h7-9,12-13,19-20,22-23H,10-11,14-17H2,1-6H3/t20-,21-/m0/s1. The monoisotopic (exact) mass is 381 g/mol.